The molecule has 0 aliphatic heterocycles. The number of esters is 1. The van der Waals surface area contributed by atoms with Gasteiger partial charge in [0.05, 0.1) is 18.9 Å². The number of ether oxygens (including phenoxy) is 2. The van der Waals surface area contributed by atoms with Gasteiger partial charge in [0.1, 0.15) is 0 Å². The zero-order chi connectivity index (χ0) is 23.8. The molecule has 3 rings (SSSR count). The molecule has 0 aliphatic carbocycles. The quantitative estimate of drug-likeness (QED) is 0.188. The summed E-state index contributed by atoms with van der Waals surface area (Å²) in [5, 5.41) is 6.68. The number of nitrogens with zero attached hydrogens (tertiary/aromatic N) is 1. The molecule has 2 N–H and O–H groups in total. The van der Waals surface area contributed by atoms with Crippen LogP contribution in [0.5, 0.6) is 11.5 Å². The molecule has 168 valence electrons. The molecule has 8 nitrogen and oxygen atoms in total. The van der Waals surface area contributed by atoms with Crippen molar-refractivity contribution in [3.05, 3.63) is 88.4 Å². The van der Waals surface area contributed by atoms with E-state index in [1.807, 2.05) is 6.92 Å². The molecule has 0 bridgehead atoms. The highest BCUT2D eigenvalue weighted by Gasteiger charge is 2.14. The highest BCUT2D eigenvalue weighted by Crippen LogP contribution is 2.28. The summed E-state index contributed by atoms with van der Waals surface area (Å²) in [6.07, 6.45) is 1.32. The second kappa shape index (κ2) is 10.9. The summed E-state index contributed by atoms with van der Waals surface area (Å²) in [6.45, 7) is 1.82. The van der Waals surface area contributed by atoms with Crippen LogP contribution in [0.25, 0.3) is 0 Å². The second-order valence-corrected chi connectivity index (χ2v) is 7.19. The third-order valence-electron chi connectivity index (χ3n) is 4.42. The van der Waals surface area contributed by atoms with Gasteiger partial charge in [-0.05, 0) is 60.5 Å². The predicted molar refractivity (Wildman–Crippen MR) is 125 cm³/mol. The predicted octanol–water partition coefficient (Wildman–Crippen LogP) is 3.97. The summed E-state index contributed by atoms with van der Waals surface area (Å²) in [6, 6.07) is 18.2. The molecule has 0 saturated heterocycles. The lowest BCUT2D eigenvalue weighted by molar-refractivity contribution is -0.136. The van der Waals surface area contributed by atoms with Gasteiger partial charge >= 0.3 is 17.8 Å². The Morgan fingerprint density at radius 1 is 0.939 bits per heavy atom. The van der Waals surface area contributed by atoms with Crippen molar-refractivity contribution in [2.24, 2.45) is 5.10 Å². The molecule has 0 saturated carbocycles. The van der Waals surface area contributed by atoms with Crippen molar-refractivity contribution in [3.8, 4) is 11.5 Å². The molecule has 0 aliphatic rings. The number of halogens is 1. The maximum Gasteiger partial charge on any atom is 0.343 e. The standard InChI is InChI=1S/C24H20ClN3O5/c1-15-8-10-18(13-19(15)25)27-22(29)23(30)28-26-14-16-9-11-20(21(12-16)32-2)33-24(31)17-6-4-3-5-7-17/h3-14H,1-2H3,(H,27,29)(H,28,30)/b26-14+. The smallest absolute Gasteiger partial charge is 0.343 e. The molecule has 0 radical (unpaired) electrons. The molecule has 3 aromatic carbocycles. The minimum atomic E-state index is -0.955. The highest BCUT2D eigenvalue weighted by atomic mass is 35.5. The second-order valence-electron chi connectivity index (χ2n) is 6.78. The SMILES string of the molecule is COc1cc(/C=N/NC(=O)C(=O)Nc2ccc(C)c(Cl)c2)ccc1OC(=O)c1ccccc1. The Hall–Kier alpha value is -4.17. The van der Waals surface area contributed by atoms with Crippen molar-refractivity contribution >= 4 is 41.3 Å². The number of hydrazone groups is 1. The summed E-state index contributed by atoms with van der Waals surface area (Å²) < 4.78 is 10.7. The van der Waals surface area contributed by atoms with Gasteiger partial charge in [-0.3, -0.25) is 9.59 Å². The van der Waals surface area contributed by atoms with E-state index in [9.17, 15) is 14.4 Å². The number of hydrogen-bond donors (Lipinski definition) is 2. The highest BCUT2D eigenvalue weighted by molar-refractivity contribution is 6.39. The molecule has 33 heavy (non-hydrogen) atoms. The third kappa shape index (κ3) is 6.41. The van der Waals surface area contributed by atoms with Gasteiger partial charge in [0.25, 0.3) is 0 Å². The average molecular weight is 466 g/mol. The van der Waals surface area contributed by atoms with Gasteiger partial charge in [0.2, 0.25) is 0 Å². The lowest BCUT2D eigenvalue weighted by Gasteiger charge is -2.10. The minimum Gasteiger partial charge on any atom is -0.493 e. The first-order valence-corrected chi connectivity index (χ1v) is 10.1. The molecular weight excluding hydrogens is 446 g/mol. The van der Waals surface area contributed by atoms with Crippen LogP contribution in [0.4, 0.5) is 5.69 Å². The molecule has 0 fully saturated rings. The van der Waals surface area contributed by atoms with E-state index in [1.165, 1.54) is 19.4 Å². The van der Waals surface area contributed by atoms with Gasteiger partial charge in [0.15, 0.2) is 11.5 Å². The maximum absolute atomic E-state index is 12.2. The fourth-order valence-corrected chi connectivity index (χ4v) is 2.84. The maximum atomic E-state index is 12.2. The van der Waals surface area contributed by atoms with E-state index in [2.05, 4.69) is 15.8 Å². The number of carbonyl (C=O) groups is 3. The normalized spacial score (nSPS) is 10.5. The Morgan fingerprint density at radius 3 is 2.39 bits per heavy atom. The van der Waals surface area contributed by atoms with Crippen LogP contribution in [0, 0.1) is 6.92 Å². The van der Waals surface area contributed by atoms with Crippen molar-refractivity contribution < 1.29 is 23.9 Å². The molecule has 0 spiro atoms. The van der Waals surface area contributed by atoms with Crippen molar-refractivity contribution in [1.82, 2.24) is 5.43 Å². The van der Waals surface area contributed by atoms with Gasteiger partial charge in [-0.2, -0.15) is 5.10 Å². The first kappa shape index (κ1) is 23.5. The number of benzene rings is 3. The number of anilines is 1. The van der Waals surface area contributed by atoms with Crippen LogP contribution in [0.3, 0.4) is 0 Å². The average Bonchev–Trinajstić information content (AvgIpc) is 2.82. The van der Waals surface area contributed by atoms with Crippen LogP contribution in [-0.4, -0.2) is 31.1 Å². The van der Waals surface area contributed by atoms with Crippen molar-refractivity contribution in [3.63, 3.8) is 0 Å². The number of aryl methyl sites for hydroxylation is 1. The van der Waals surface area contributed by atoms with Crippen LogP contribution < -0.4 is 20.2 Å². The Kier molecular flexibility index (Phi) is 7.77. The fraction of sp³-hybridized carbons (Fsp3) is 0.0833. The molecule has 2 amide bonds. The van der Waals surface area contributed by atoms with E-state index in [4.69, 9.17) is 21.1 Å². The minimum absolute atomic E-state index is 0.226. The summed E-state index contributed by atoms with van der Waals surface area (Å²) >= 11 is 6.01. The lowest BCUT2D eigenvalue weighted by atomic mass is 10.2. The van der Waals surface area contributed by atoms with Crippen LogP contribution in [0.2, 0.25) is 5.02 Å². The van der Waals surface area contributed by atoms with Gasteiger partial charge in [-0.25, -0.2) is 10.2 Å². The van der Waals surface area contributed by atoms with E-state index in [1.54, 1.807) is 60.7 Å². The third-order valence-corrected chi connectivity index (χ3v) is 4.82. The number of carbonyl (C=O) groups excluding carboxylic acids is 3. The van der Waals surface area contributed by atoms with E-state index in [0.717, 1.165) is 5.56 Å². The number of nitrogens with one attached hydrogen (secondary N) is 2. The molecule has 0 aromatic heterocycles. The van der Waals surface area contributed by atoms with Crippen LogP contribution in [0.15, 0.2) is 71.8 Å². The molecule has 9 heteroatoms. The summed E-state index contributed by atoms with van der Waals surface area (Å²) in [5.74, 6) is -1.85. The van der Waals surface area contributed by atoms with Gasteiger partial charge in [0, 0.05) is 10.7 Å². The van der Waals surface area contributed by atoms with Crippen molar-refractivity contribution in [2.75, 3.05) is 12.4 Å². The summed E-state index contributed by atoms with van der Waals surface area (Å²) in [4.78, 5) is 36.2. The van der Waals surface area contributed by atoms with Crippen molar-refractivity contribution in [2.45, 2.75) is 6.92 Å². The largest absolute Gasteiger partial charge is 0.493 e. The van der Waals surface area contributed by atoms with E-state index < -0.39 is 17.8 Å². The molecule has 0 unspecified atom stereocenters. The zero-order valence-electron chi connectivity index (χ0n) is 17.8. The van der Waals surface area contributed by atoms with Gasteiger partial charge < -0.3 is 14.8 Å². The number of methoxy groups -OCH3 is 1. The monoisotopic (exact) mass is 465 g/mol. The molecule has 0 heterocycles. The number of hydrogen-bond acceptors (Lipinski definition) is 6. The van der Waals surface area contributed by atoms with E-state index in [-0.39, 0.29) is 5.75 Å². The zero-order valence-corrected chi connectivity index (χ0v) is 18.6. The topological polar surface area (TPSA) is 106 Å². The summed E-state index contributed by atoms with van der Waals surface area (Å²) in [5.41, 5.74) is 4.32. The Bertz CT molecular complexity index is 1210. The number of amides is 2. The van der Waals surface area contributed by atoms with Crippen molar-refractivity contribution in [1.29, 1.82) is 0 Å². The van der Waals surface area contributed by atoms with Gasteiger partial charge in [-0.15, -0.1) is 0 Å². The first-order valence-electron chi connectivity index (χ1n) is 9.73. The Morgan fingerprint density at radius 2 is 1.70 bits per heavy atom. The molecule has 3 aromatic rings. The summed E-state index contributed by atoms with van der Waals surface area (Å²) in [7, 11) is 1.43. The van der Waals surface area contributed by atoms with Crippen LogP contribution >= 0.6 is 11.6 Å². The molecular formula is C24H20ClN3O5. The van der Waals surface area contributed by atoms with Crippen LogP contribution in [0.1, 0.15) is 21.5 Å². The first-order chi connectivity index (χ1) is 15.9. The fourth-order valence-electron chi connectivity index (χ4n) is 2.66. The Labute approximate surface area is 195 Å². The van der Waals surface area contributed by atoms with E-state index >= 15 is 0 Å². The molecule has 0 atom stereocenters. The Balaban J connectivity index is 1.60. The van der Waals surface area contributed by atoms with E-state index in [0.29, 0.717) is 27.6 Å². The lowest BCUT2D eigenvalue weighted by Crippen LogP contribution is -2.32. The number of rotatable bonds is 6. The van der Waals surface area contributed by atoms with Crippen LogP contribution in [-0.2, 0) is 9.59 Å². The van der Waals surface area contributed by atoms with Gasteiger partial charge in [-0.1, -0.05) is 35.9 Å².